The van der Waals surface area contributed by atoms with Crippen LogP contribution in [0.2, 0.25) is 9.38 Å². The molecule has 0 unspecified atom stereocenters. The fraction of sp³-hybridized carbons (Fsp3) is 1.00. The first-order valence-corrected chi connectivity index (χ1v) is 12.4. The van der Waals surface area contributed by atoms with E-state index in [4.69, 9.17) is 0 Å². The van der Waals surface area contributed by atoms with E-state index in [0.29, 0.717) is 0 Å². The number of hydrogen-bond acceptors (Lipinski definition) is 2. The van der Waals surface area contributed by atoms with Gasteiger partial charge in [-0.15, -0.1) is 0 Å². The zero-order valence-electron chi connectivity index (χ0n) is 9.52. The van der Waals surface area contributed by atoms with Crippen LogP contribution in [0.4, 0.5) is 0 Å². The van der Waals surface area contributed by atoms with Crippen molar-refractivity contribution in [2.75, 3.05) is 27.2 Å². The van der Waals surface area contributed by atoms with Gasteiger partial charge in [0.2, 0.25) is 0 Å². The van der Waals surface area contributed by atoms with Gasteiger partial charge in [-0.3, -0.25) is 0 Å². The normalized spacial score (nSPS) is 13.0. The third-order valence-corrected chi connectivity index (χ3v) is 18.3. The van der Waals surface area contributed by atoms with Gasteiger partial charge in [0, 0.05) is 0 Å². The van der Waals surface area contributed by atoms with Gasteiger partial charge in [0.15, 0.2) is 0 Å². The van der Waals surface area contributed by atoms with E-state index in [2.05, 4.69) is 46.0 Å². The van der Waals surface area contributed by atoms with E-state index in [1.54, 1.807) is 0 Å². The zero-order valence-corrected chi connectivity index (χ0v) is 12.4. The molecule has 0 spiro atoms. The Morgan fingerprint density at radius 1 is 0.917 bits per heavy atom. The molecule has 0 bridgehead atoms. The third-order valence-electron chi connectivity index (χ3n) is 3.26. The topological polar surface area (TPSA) is 6.48 Å². The van der Waals surface area contributed by atoms with Crippen LogP contribution in [0.1, 0.15) is 20.8 Å². The maximum absolute atomic E-state index is 2.61. The molecule has 2 nitrogen and oxygen atoms in total. The predicted octanol–water partition coefficient (Wildman–Crippen LogP) is 1.98. The van der Waals surface area contributed by atoms with Crippen molar-refractivity contribution in [1.82, 2.24) is 6.24 Å². The summed E-state index contributed by atoms with van der Waals surface area (Å²) >= 11 is -2.03. The molecule has 0 amide bonds. The summed E-state index contributed by atoms with van der Waals surface area (Å²) in [5.74, 6) is 0. The molecule has 0 aliphatic rings. The van der Waals surface area contributed by atoms with Crippen molar-refractivity contribution in [2.24, 2.45) is 0 Å². The van der Waals surface area contributed by atoms with Crippen molar-refractivity contribution in [3.05, 3.63) is 0 Å². The second-order valence-electron chi connectivity index (χ2n) is 3.60. The Hall–Kier alpha value is 0.719. The molecular weight excluding hydrogens is 255 g/mol. The quantitative estimate of drug-likeness (QED) is 0.710. The summed E-state index contributed by atoms with van der Waals surface area (Å²) in [5.41, 5.74) is 0. The second-order valence-corrected chi connectivity index (χ2v) is 16.9. The molecule has 3 heteroatoms. The van der Waals surface area contributed by atoms with Crippen molar-refractivity contribution < 1.29 is 0 Å². The average molecular weight is 279 g/mol. The number of nitrogens with zero attached hydrogens (tertiary/aromatic N) is 2. The summed E-state index contributed by atoms with van der Waals surface area (Å²) in [6.07, 6.45) is 0. The van der Waals surface area contributed by atoms with E-state index >= 15 is 0 Å². The molecule has 0 aromatic rings. The molecule has 0 aromatic heterocycles. The Morgan fingerprint density at radius 3 is 1.42 bits per heavy atom. The third kappa shape index (κ3) is 2.60. The van der Waals surface area contributed by atoms with Crippen LogP contribution >= 0.6 is 0 Å². The average Bonchev–Trinajstić information content (AvgIpc) is 2.13. The van der Waals surface area contributed by atoms with Gasteiger partial charge in [0.05, 0.1) is 0 Å². The summed E-state index contributed by atoms with van der Waals surface area (Å²) in [6, 6.07) is 0. The fourth-order valence-electron chi connectivity index (χ4n) is 1.51. The van der Waals surface area contributed by atoms with Crippen LogP contribution < -0.4 is 0 Å². The van der Waals surface area contributed by atoms with Gasteiger partial charge in [-0.1, -0.05) is 0 Å². The van der Waals surface area contributed by atoms with Crippen LogP contribution in [0.15, 0.2) is 0 Å². The van der Waals surface area contributed by atoms with Gasteiger partial charge in [0.25, 0.3) is 0 Å². The molecule has 0 saturated carbocycles. The predicted molar refractivity (Wildman–Crippen MR) is 58.7 cm³/mol. The standard InChI is InChI=1S/2C3H8N.C2H5.CH3.Sn/c2*1-3-4-2;1-2;;/h2*3H2,1-2H3;1H2,2H3;1H3;/q2*-1;;;+2. The van der Waals surface area contributed by atoms with Gasteiger partial charge in [-0.05, 0) is 0 Å². The molecule has 0 atom stereocenters. The molecule has 0 N–H and O–H groups in total. The Bertz CT molecular complexity index is 118. The van der Waals surface area contributed by atoms with Crippen LogP contribution in [0, 0.1) is 0 Å². The Balaban J connectivity index is 4.42. The first-order valence-electron chi connectivity index (χ1n) is 4.95. The monoisotopic (exact) mass is 280 g/mol. The minimum absolute atomic E-state index is 1.20. The Labute approximate surface area is 82.5 Å². The molecule has 0 heterocycles. The molecule has 0 radical (unpaired) electrons. The summed E-state index contributed by atoms with van der Waals surface area (Å²) < 4.78 is 6.60. The molecule has 0 aliphatic heterocycles. The molecule has 0 rings (SSSR count). The minimum atomic E-state index is -2.03. The number of rotatable bonds is 5. The molecule has 74 valence electrons. The van der Waals surface area contributed by atoms with E-state index in [0.717, 1.165) is 0 Å². The van der Waals surface area contributed by atoms with Gasteiger partial charge >= 0.3 is 82.5 Å². The van der Waals surface area contributed by atoms with Crippen LogP contribution in [-0.4, -0.2) is 52.4 Å². The van der Waals surface area contributed by atoms with Gasteiger partial charge in [-0.2, -0.15) is 0 Å². The van der Waals surface area contributed by atoms with E-state index in [1.165, 1.54) is 17.5 Å². The van der Waals surface area contributed by atoms with Crippen molar-refractivity contribution in [2.45, 2.75) is 30.1 Å². The molecule has 0 fully saturated rings. The molecule has 0 saturated heterocycles. The summed E-state index contributed by atoms with van der Waals surface area (Å²) in [7, 11) is 4.57. The maximum atomic E-state index is 2.61. The first kappa shape index (κ1) is 12.7. The zero-order chi connectivity index (χ0) is 9.78. The van der Waals surface area contributed by atoms with Gasteiger partial charge in [-0.25, -0.2) is 0 Å². The number of hydrogen-bond donors (Lipinski definition) is 0. The summed E-state index contributed by atoms with van der Waals surface area (Å²) in [6.45, 7) is 9.26. The fourth-order valence-corrected chi connectivity index (χ4v) is 10.1. The summed E-state index contributed by atoms with van der Waals surface area (Å²) in [5, 5.41) is 0. The molecule has 0 aliphatic carbocycles. The van der Waals surface area contributed by atoms with Crippen LogP contribution in [0.25, 0.3) is 0 Å². The van der Waals surface area contributed by atoms with Crippen molar-refractivity contribution in [3.8, 4) is 0 Å². The van der Waals surface area contributed by atoms with Crippen molar-refractivity contribution in [1.29, 1.82) is 0 Å². The van der Waals surface area contributed by atoms with Crippen LogP contribution in [0.5, 0.6) is 0 Å². The van der Waals surface area contributed by atoms with E-state index in [9.17, 15) is 0 Å². The second kappa shape index (κ2) is 5.45. The molecule has 12 heavy (non-hydrogen) atoms. The Morgan fingerprint density at radius 2 is 1.25 bits per heavy atom. The molecule has 0 aromatic carbocycles. The Kier molecular flexibility index (Phi) is 5.78. The van der Waals surface area contributed by atoms with Crippen molar-refractivity contribution in [3.63, 3.8) is 0 Å². The van der Waals surface area contributed by atoms with Crippen LogP contribution in [-0.2, 0) is 0 Å². The first-order chi connectivity index (χ1) is 5.52. The van der Waals surface area contributed by atoms with E-state index in [1.807, 2.05) is 0 Å². The summed E-state index contributed by atoms with van der Waals surface area (Å²) in [4.78, 5) is 2.52. The molecular formula is C9H24N2Sn. The van der Waals surface area contributed by atoms with Gasteiger partial charge in [0.1, 0.15) is 0 Å². The van der Waals surface area contributed by atoms with Gasteiger partial charge < -0.3 is 0 Å². The SMILES string of the molecule is CC[N](C)[Sn]([CH3])([CH2]C)[N](C)CC. The van der Waals surface area contributed by atoms with Crippen molar-refractivity contribution >= 4 is 18.9 Å². The van der Waals surface area contributed by atoms with E-state index in [-0.39, 0.29) is 0 Å². The van der Waals surface area contributed by atoms with Crippen LogP contribution in [0.3, 0.4) is 0 Å². The van der Waals surface area contributed by atoms with E-state index < -0.39 is 18.9 Å².